The minimum absolute atomic E-state index is 0.259. The van der Waals surface area contributed by atoms with E-state index in [9.17, 15) is 8.42 Å². The number of rotatable bonds is 6. The molecule has 1 N–H and O–H groups in total. The van der Waals surface area contributed by atoms with Crippen LogP contribution in [0.3, 0.4) is 0 Å². The van der Waals surface area contributed by atoms with Gasteiger partial charge >= 0.3 is 0 Å². The molecule has 0 bridgehead atoms. The summed E-state index contributed by atoms with van der Waals surface area (Å²) in [6.45, 7) is 4.69. The van der Waals surface area contributed by atoms with Gasteiger partial charge in [-0.1, -0.05) is 36.4 Å². The lowest BCUT2D eigenvalue weighted by molar-refractivity contribution is 0.249. The zero-order chi connectivity index (χ0) is 20.1. The molecule has 1 aliphatic heterocycles. The number of hydrogen-bond acceptors (Lipinski definition) is 5. The fraction of sp³-hybridized carbons (Fsp3) is 0.227. The predicted molar refractivity (Wildman–Crippen MR) is 115 cm³/mol. The zero-order valence-electron chi connectivity index (χ0n) is 16.1. The Kier molecular flexibility index (Phi) is 5.78. The van der Waals surface area contributed by atoms with Gasteiger partial charge in [0, 0.05) is 44.6 Å². The van der Waals surface area contributed by atoms with Crippen molar-refractivity contribution in [1.29, 1.82) is 0 Å². The molecule has 0 unspecified atom stereocenters. The first-order valence-corrected chi connectivity index (χ1v) is 11.1. The van der Waals surface area contributed by atoms with Gasteiger partial charge in [-0.25, -0.2) is 13.4 Å². The molecule has 3 aromatic rings. The van der Waals surface area contributed by atoms with Crippen LogP contribution in [-0.2, 0) is 16.6 Å². The summed E-state index contributed by atoms with van der Waals surface area (Å²) in [5, 5.41) is 0. The van der Waals surface area contributed by atoms with Crippen LogP contribution in [0.1, 0.15) is 5.56 Å². The lowest BCUT2D eigenvalue weighted by Gasteiger charge is -2.35. The average Bonchev–Trinajstić information content (AvgIpc) is 2.77. The SMILES string of the molecule is O=S(=O)(Nc1ccc(CN2CCN(c3ccccn3)CC2)cc1)c1ccccc1. The van der Waals surface area contributed by atoms with E-state index in [1.54, 1.807) is 30.3 Å². The minimum atomic E-state index is -3.56. The number of anilines is 2. The van der Waals surface area contributed by atoms with E-state index in [1.165, 1.54) is 5.56 Å². The zero-order valence-corrected chi connectivity index (χ0v) is 16.9. The molecule has 1 fully saturated rings. The van der Waals surface area contributed by atoms with E-state index in [-0.39, 0.29) is 4.90 Å². The van der Waals surface area contributed by atoms with E-state index < -0.39 is 10.0 Å². The maximum Gasteiger partial charge on any atom is 0.261 e. The third-order valence-corrected chi connectivity index (χ3v) is 6.41. The molecule has 150 valence electrons. The second-order valence-corrected chi connectivity index (χ2v) is 8.75. The van der Waals surface area contributed by atoms with Crippen LogP contribution in [0.4, 0.5) is 11.5 Å². The van der Waals surface area contributed by atoms with Crippen molar-refractivity contribution in [2.24, 2.45) is 0 Å². The summed E-state index contributed by atoms with van der Waals surface area (Å²) in [7, 11) is -3.56. The fourth-order valence-corrected chi connectivity index (χ4v) is 4.51. The van der Waals surface area contributed by atoms with Crippen molar-refractivity contribution in [3.05, 3.63) is 84.6 Å². The molecule has 1 aliphatic rings. The molecular formula is C22H24N4O2S. The third kappa shape index (κ3) is 4.93. The summed E-state index contributed by atoms with van der Waals surface area (Å²) < 4.78 is 27.5. The van der Waals surface area contributed by atoms with Gasteiger partial charge in [-0.3, -0.25) is 9.62 Å². The first kappa shape index (κ1) is 19.4. The Balaban J connectivity index is 1.32. The lowest BCUT2D eigenvalue weighted by Crippen LogP contribution is -2.46. The van der Waals surface area contributed by atoms with Gasteiger partial charge in [-0.05, 0) is 42.0 Å². The normalized spacial score (nSPS) is 15.2. The highest BCUT2D eigenvalue weighted by atomic mass is 32.2. The van der Waals surface area contributed by atoms with Crippen LogP contribution in [-0.4, -0.2) is 44.5 Å². The van der Waals surface area contributed by atoms with Crippen molar-refractivity contribution in [2.75, 3.05) is 35.8 Å². The standard InChI is InChI=1S/C22H24N4O2S/c27-29(28,21-6-2-1-3-7-21)24-20-11-9-19(10-12-20)18-25-14-16-26(17-15-25)22-8-4-5-13-23-22/h1-13,24H,14-18H2. The molecule has 29 heavy (non-hydrogen) atoms. The molecule has 0 radical (unpaired) electrons. The van der Waals surface area contributed by atoms with Crippen LogP contribution in [0, 0.1) is 0 Å². The number of benzene rings is 2. The van der Waals surface area contributed by atoms with E-state index in [2.05, 4.69) is 19.5 Å². The fourth-order valence-electron chi connectivity index (χ4n) is 3.43. The summed E-state index contributed by atoms with van der Waals surface area (Å²) in [5.74, 6) is 1.03. The van der Waals surface area contributed by atoms with Gasteiger partial charge in [0.2, 0.25) is 0 Å². The monoisotopic (exact) mass is 408 g/mol. The van der Waals surface area contributed by atoms with Gasteiger partial charge < -0.3 is 4.90 Å². The first-order valence-electron chi connectivity index (χ1n) is 9.65. The molecule has 0 atom stereocenters. The van der Waals surface area contributed by atoms with Crippen molar-refractivity contribution in [2.45, 2.75) is 11.4 Å². The summed E-state index contributed by atoms with van der Waals surface area (Å²) in [6, 6.07) is 22.0. The molecule has 0 aliphatic carbocycles. The molecular weight excluding hydrogens is 384 g/mol. The summed E-state index contributed by atoms with van der Waals surface area (Å²) >= 11 is 0. The average molecular weight is 409 g/mol. The number of nitrogens with zero attached hydrogens (tertiary/aromatic N) is 3. The molecule has 1 aromatic heterocycles. The van der Waals surface area contributed by atoms with Gasteiger partial charge in [0.05, 0.1) is 4.90 Å². The van der Waals surface area contributed by atoms with Crippen LogP contribution < -0.4 is 9.62 Å². The molecule has 4 rings (SSSR count). The third-order valence-electron chi connectivity index (χ3n) is 5.01. The number of nitrogens with one attached hydrogen (secondary N) is 1. The second-order valence-electron chi connectivity index (χ2n) is 7.07. The van der Waals surface area contributed by atoms with Crippen molar-refractivity contribution in [1.82, 2.24) is 9.88 Å². The minimum Gasteiger partial charge on any atom is -0.354 e. The van der Waals surface area contributed by atoms with Gasteiger partial charge in [0.25, 0.3) is 10.0 Å². The largest absolute Gasteiger partial charge is 0.354 e. The number of piperazine rings is 1. The molecule has 1 saturated heterocycles. The second kappa shape index (κ2) is 8.63. The van der Waals surface area contributed by atoms with Crippen LogP contribution in [0.25, 0.3) is 0 Å². The molecule has 0 saturated carbocycles. The Morgan fingerprint density at radius 3 is 2.17 bits per heavy atom. The van der Waals surface area contributed by atoms with Gasteiger partial charge in [-0.2, -0.15) is 0 Å². The quantitative estimate of drug-likeness (QED) is 0.679. The molecule has 2 heterocycles. The highest BCUT2D eigenvalue weighted by molar-refractivity contribution is 7.92. The topological polar surface area (TPSA) is 65.5 Å². The Morgan fingerprint density at radius 1 is 0.828 bits per heavy atom. The Labute approximate surface area is 171 Å². The molecule has 0 amide bonds. The number of sulfonamides is 1. The summed E-state index contributed by atoms with van der Waals surface area (Å²) in [6.07, 6.45) is 1.83. The molecule has 0 spiro atoms. The van der Waals surface area contributed by atoms with Gasteiger partial charge in [0.15, 0.2) is 0 Å². The number of hydrogen-bond donors (Lipinski definition) is 1. The van der Waals surface area contributed by atoms with Crippen LogP contribution >= 0.6 is 0 Å². The maximum atomic E-state index is 12.4. The van der Waals surface area contributed by atoms with Crippen LogP contribution in [0.15, 0.2) is 83.9 Å². The number of aromatic nitrogens is 1. The van der Waals surface area contributed by atoms with Crippen molar-refractivity contribution in [3.63, 3.8) is 0 Å². The first-order chi connectivity index (χ1) is 14.1. The summed E-state index contributed by atoms with van der Waals surface area (Å²) in [5.41, 5.74) is 1.73. The van der Waals surface area contributed by atoms with Gasteiger partial charge in [0.1, 0.15) is 5.82 Å². The Morgan fingerprint density at radius 2 is 1.52 bits per heavy atom. The maximum absolute atomic E-state index is 12.4. The molecule has 2 aromatic carbocycles. The lowest BCUT2D eigenvalue weighted by atomic mass is 10.2. The highest BCUT2D eigenvalue weighted by Crippen LogP contribution is 2.18. The van der Waals surface area contributed by atoms with E-state index in [0.717, 1.165) is 38.5 Å². The van der Waals surface area contributed by atoms with E-state index >= 15 is 0 Å². The van der Waals surface area contributed by atoms with Crippen LogP contribution in [0.2, 0.25) is 0 Å². The smallest absolute Gasteiger partial charge is 0.261 e. The number of pyridine rings is 1. The van der Waals surface area contributed by atoms with Crippen molar-refractivity contribution in [3.8, 4) is 0 Å². The predicted octanol–water partition coefficient (Wildman–Crippen LogP) is 3.20. The van der Waals surface area contributed by atoms with E-state index in [1.807, 2.05) is 48.7 Å². The Bertz CT molecular complexity index is 1020. The van der Waals surface area contributed by atoms with Gasteiger partial charge in [-0.15, -0.1) is 0 Å². The summed E-state index contributed by atoms with van der Waals surface area (Å²) in [4.78, 5) is 9.39. The van der Waals surface area contributed by atoms with Crippen molar-refractivity contribution >= 4 is 21.5 Å². The van der Waals surface area contributed by atoms with E-state index in [0.29, 0.717) is 5.69 Å². The highest BCUT2D eigenvalue weighted by Gasteiger charge is 2.18. The molecule has 7 heteroatoms. The van der Waals surface area contributed by atoms with Crippen molar-refractivity contribution < 1.29 is 8.42 Å². The van der Waals surface area contributed by atoms with E-state index in [4.69, 9.17) is 0 Å². The van der Waals surface area contributed by atoms with Crippen LogP contribution in [0.5, 0.6) is 0 Å². The Hall–Kier alpha value is -2.90. The molecule has 6 nitrogen and oxygen atoms in total.